The highest BCUT2D eigenvalue weighted by molar-refractivity contribution is 6.30. The normalized spacial score (nSPS) is 12.7. The first-order valence-electron chi connectivity index (χ1n) is 6.47. The summed E-state index contributed by atoms with van der Waals surface area (Å²) in [6, 6.07) is 12.4. The van der Waals surface area contributed by atoms with Crippen molar-refractivity contribution < 1.29 is 4.39 Å². The Labute approximate surface area is 124 Å². The zero-order valence-electron chi connectivity index (χ0n) is 11.6. The number of hydrogen-bond acceptors (Lipinski definition) is 2. The van der Waals surface area contributed by atoms with Crippen molar-refractivity contribution in [3.05, 3.63) is 64.4 Å². The molecular formula is C16H18ClFN2. The van der Waals surface area contributed by atoms with Crippen molar-refractivity contribution in [2.75, 3.05) is 12.8 Å². The molecule has 0 aliphatic carbocycles. The number of nitrogen functional groups attached to an aromatic ring is 1. The van der Waals surface area contributed by atoms with Crippen LogP contribution in [-0.4, -0.2) is 11.9 Å². The molecule has 0 amide bonds. The Hall–Kier alpha value is -1.58. The van der Waals surface area contributed by atoms with Gasteiger partial charge in [0, 0.05) is 23.3 Å². The average Bonchev–Trinajstić information content (AvgIpc) is 2.43. The van der Waals surface area contributed by atoms with Crippen molar-refractivity contribution in [3.63, 3.8) is 0 Å². The molecule has 0 bridgehead atoms. The average molecular weight is 293 g/mol. The van der Waals surface area contributed by atoms with E-state index >= 15 is 0 Å². The second kappa shape index (κ2) is 6.25. The van der Waals surface area contributed by atoms with Crippen molar-refractivity contribution in [3.8, 4) is 0 Å². The number of nitrogens with two attached hydrogens (primary N) is 1. The van der Waals surface area contributed by atoms with E-state index in [9.17, 15) is 4.39 Å². The third-order valence-corrected chi connectivity index (χ3v) is 3.79. The monoisotopic (exact) mass is 292 g/mol. The van der Waals surface area contributed by atoms with E-state index in [-0.39, 0.29) is 11.9 Å². The van der Waals surface area contributed by atoms with Crippen LogP contribution in [0.3, 0.4) is 0 Å². The number of anilines is 1. The van der Waals surface area contributed by atoms with Gasteiger partial charge in [-0.15, -0.1) is 0 Å². The zero-order valence-corrected chi connectivity index (χ0v) is 12.4. The molecule has 0 aromatic heterocycles. The van der Waals surface area contributed by atoms with Crippen molar-refractivity contribution in [2.24, 2.45) is 0 Å². The van der Waals surface area contributed by atoms with E-state index in [0.29, 0.717) is 12.2 Å². The van der Waals surface area contributed by atoms with E-state index in [4.69, 9.17) is 17.3 Å². The smallest absolute Gasteiger partial charge is 0.123 e. The van der Waals surface area contributed by atoms with E-state index in [1.807, 2.05) is 31.3 Å². The maximum absolute atomic E-state index is 13.3. The summed E-state index contributed by atoms with van der Waals surface area (Å²) < 4.78 is 13.3. The summed E-state index contributed by atoms with van der Waals surface area (Å²) in [5.41, 5.74) is 8.46. The predicted molar refractivity (Wildman–Crippen MR) is 82.1 cm³/mol. The number of rotatable bonds is 4. The summed E-state index contributed by atoms with van der Waals surface area (Å²) >= 11 is 5.89. The Kier molecular flexibility index (Phi) is 4.63. The van der Waals surface area contributed by atoms with Gasteiger partial charge in [-0.05, 0) is 55.4 Å². The lowest BCUT2D eigenvalue weighted by Gasteiger charge is -2.25. The van der Waals surface area contributed by atoms with Crippen LogP contribution >= 0.6 is 11.6 Å². The van der Waals surface area contributed by atoms with Crippen LogP contribution < -0.4 is 5.73 Å². The minimum absolute atomic E-state index is 0.190. The Morgan fingerprint density at radius 1 is 1.20 bits per heavy atom. The van der Waals surface area contributed by atoms with Crippen molar-refractivity contribution >= 4 is 17.3 Å². The maximum Gasteiger partial charge on any atom is 0.123 e. The van der Waals surface area contributed by atoms with Gasteiger partial charge in [-0.1, -0.05) is 23.7 Å². The quantitative estimate of drug-likeness (QED) is 0.854. The molecule has 0 radical (unpaired) electrons. The molecule has 4 heteroatoms. The highest BCUT2D eigenvalue weighted by Gasteiger charge is 2.13. The molecule has 0 saturated heterocycles. The van der Waals surface area contributed by atoms with Crippen LogP contribution in [0.25, 0.3) is 0 Å². The molecule has 0 saturated carbocycles. The molecule has 2 aromatic rings. The van der Waals surface area contributed by atoms with E-state index < -0.39 is 0 Å². The molecule has 20 heavy (non-hydrogen) atoms. The molecule has 0 spiro atoms. The molecule has 2 nitrogen and oxygen atoms in total. The Bertz CT molecular complexity index is 584. The summed E-state index contributed by atoms with van der Waals surface area (Å²) in [4.78, 5) is 2.12. The summed E-state index contributed by atoms with van der Waals surface area (Å²) in [6.45, 7) is 2.69. The molecule has 1 atom stereocenters. The minimum atomic E-state index is -0.262. The second-order valence-electron chi connectivity index (χ2n) is 4.99. The zero-order chi connectivity index (χ0) is 14.7. The lowest BCUT2D eigenvalue weighted by Crippen LogP contribution is -2.22. The van der Waals surface area contributed by atoms with Crippen LogP contribution in [0.5, 0.6) is 0 Å². The molecule has 0 aliphatic rings. The van der Waals surface area contributed by atoms with Gasteiger partial charge < -0.3 is 5.73 Å². The lowest BCUT2D eigenvalue weighted by molar-refractivity contribution is 0.253. The topological polar surface area (TPSA) is 29.3 Å². The number of benzene rings is 2. The van der Waals surface area contributed by atoms with Gasteiger partial charge in [-0.2, -0.15) is 0 Å². The third kappa shape index (κ3) is 3.50. The third-order valence-electron chi connectivity index (χ3n) is 3.54. The molecule has 2 aromatic carbocycles. The maximum atomic E-state index is 13.3. The first-order chi connectivity index (χ1) is 9.47. The van der Waals surface area contributed by atoms with Crippen molar-refractivity contribution in [1.29, 1.82) is 0 Å². The second-order valence-corrected chi connectivity index (χ2v) is 5.42. The Morgan fingerprint density at radius 2 is 1.85 bits per heavy atom. The molecule has 2 rings (SSSR count). The van der Waals surface area contributed by atoms with Gasteiger partial charge in [0.2, 0.25) is 0 Å². The van der Waals surface area contributed by atoms with Crippen LogP contribution in [0.15, 0.2) is 42.5 Å². The standard InChI is InChI=1S/C16H18ClFN2/c1-11(12-3-5-14(17)6-4-12)20(2)10-13-9-15(18)7-8-16(13)19/h3-9,11H,10,19H2,1-2H3. The molecule has 0 fully saturated rings. The van der Waals surface area contributed by atoms with E-state index in [2.05, 4.69) is 11.8 Å². The number of halogens is 2. The Balaban J connectivity index is 2.13. The van der Waals surface area contributed by atoms with Gasteiger partial charge in [0.1, 0.15) is 5.82 Å². The highest BCUT2D eigenvalue weighted by atomic mass is 35.5. The van der Waals surface area contributed by atoms with Gasteiger partial charge in [-0.25, -0.2) is 4.39 Å². The first-order valence-corrected chi connectivity index (χ1v) is 6.85. The van der Waals surface area contributed by atoms with Crippen LogP contribution in [0.4, 0.5) is 10.1 Å². The summed E-state index contributed by atoms with van der Waals surface area (Å²) in [5, 5.41) is 0.720. The van der Waals surface area contributed by atoms with Crippen LogP contribution in [-0.2, 0) is 6.54 Å². The van der Waals surface area contributed by atoms with E-state index in [1.54, 1.807) is 6.07 Å². The minimum Gasteiger partial charge on any atom is -0.398 e. The molecule has 0 heterocycles. The van der Waals surface area contributed by atoms with E-state index in [1.165, 1.54) is 12.1 Å². The number of hydrogen-bond donors (Lipinski definition) is 1. The van der Waals surface area contributed by atoms with Gasteiger partial charge in [0.25, 0.3) is 0 Å². The highest BCUT2D eigenvalue weighted by Crippen LogP contribution is 2.24. The van der Waals surface area contributed by atoms with Gasteiger partial charge in [0.15, 0.2) is 0 Å². The molecule has 1 unspecified atom stereocenters. The lowest BCUT2D eigenvalue weighted by atomic mass is 10.1. The first kappa shape index (κ1) is 14.8. The molecule has 0 aliphatic heterocycles. The van der Waals surface area contributed by atoms with Gasteiger partial charge in [-0.3, -0.25) is 4.90 Å². The summed E-state index contributed by atoms with van der Waals surface area (Å²) in [6.07, 6.45) is 0. The fourth-order valence-electron chi connectivity index (χ4n) is 2.11. The molecule has 2 N–H and O–H groups in total. The van der Waals surface area contributed by atoms with Crippen LogP contribution in [0.1, 0.15) is 24.1 Å². The van der Waals surface area contributed by atoms with Crippen LogP contribution in [0, 0.1) is 5.82 Å². The van der Waals surface area contributed by atoms with Crippen LogP contribution in [0.2, 0.25) is 5.02 Å². The number of nitrogens with zero attached hydrogens (tertiary/aromatic N) is 1. The SMILES string of the molecule is CC(c1ccc(Cl)cc1)N(C)Cc1cc(F)ccc1N. The van der Waals surface area contributed by atoms with Crippen molar-refractivity contribution in [1.82, 2.24) is 4.90 Å². The largest absolute Gasteiger partial charge is 0.398 e. The molecule has 106 valence electrons. The van der Waals surface area contributed by atoms with Crippen molar-refractivity contribution in [2.45, 2.75) is 19.5 Å². The van der Waals surface area contributed by atoms with Gasteiger partial charge >= 0.3 is 0 Å². The Morgan fingerprint density at radius 3 is 2.50 bits per heavy atom. The summed E-state index contributed by atoms with van der Waals surface area (Å²) in [5.74, 6) is -0.262. The molecular weight excluding hydrogens is 275 g/mol. The summed E-state index contributed by atoms with van der Waals surface area (Å²) in [7, 11) is 1.99. The van der Waals surface area contributed by atoms with E-state index in [0.717, 1.165) is 16.1 Å². The van der Waals surface area contributed by atoms with Gasteiger partial charge in [0.05, 0.1) is 0 Å². The predicted octanol–water partition coefficient (Wildman–Crippen LogP) is 4.25. The fraction of sp³-hybridized carbons (Fsp3) is 0.250. The fourth-order valence-corrected chi connectivity index (χ4v) is 2.24.